The van der Waals surface area contributed by atoms with Crippen LogP contribution >= 0.6 is 0 Å². The normalized spacial score (nSPS) is 22.9. The Balaban J connectivity index is 0.980. The van der Waals surface area contributed by atoms with Crippen molar-refractivity contribution in [3.05, 3.63) is 41.5 Å². The Morgan fingerprint density at radius 1 is 0.941 bits per heavy atom. The zero-order chi connectivity index (χ0) is 23.9. The number of urea groups is 1. The molecule has 12 heteroatoms. The lowest BCUT2D eigenvalue weighted by Crippen LogP contribution is -2.67. The molecule has 6 rings (SSSR count). The molecule has 4 aliphatic rings. The standard InChI is InChI=1S/C22H24F3N5O3S/c23-22(24,25)34(32,33)17-5-3-13(4-6-17)16-9-29(10-16)20(31)30-11-21(12-30)7-15(8-21)19-26-18(27-28-19)14-1-2-14/h3-6,14-16H,1-2,7-12H2,(H,26,27,28). The Morgan fingerprint density at radius 3 is 2.09 bits per heavy atom. The van der Waals surface area contributed by atoms with Crippen LogP contribution in [0.15, 0.2) is 29.2 Å². The molecule has 182 valence electrons. The lowest BCUT2D eigenvalue weighted by molar-refractivity contribution is -0.0601. The minimum Gasteiger partial charge on any atom is -0.328 e. The van der Waals surface area contributed by atoms with Crippen LogP contribution in [0.5, 0.6) is 0 Å². The summed E-state index contributed by atoms with van der Waals surface area (Å²) in [4.78, 5) is 18.9. The maximum Gasteiger partial charge on any atom is 0.501 e. The van der Waals surface area contributed by atoms with Crippen molar-refractivity contribution < 1.29 is 26.4 Å². The molecule has 1 aromatic carbocycles. The number of carbonyl (C=O) groups is 1. The highest BCUT2D eigenvalue weighted by Gasteiger charge is 2.56. The first kappa shape index (κ1) is 21.9. The SMILES string of the molecule is O=C(N1CC(c2ccc(S(=O)(=O)C(F)(F)F)cc2)C1)N1CC2(CC(c3nnc(C4CC4)[nH]3)C2)C1. The molecule has 8 nitrogen and oxygen atoms in total. The molecular formula is C22H24F3N5O3S. The van der Waals surface area contributed by atoms with Crippen molar-refractivity contribution in [2.75, 3.05) is 26.2 Å². The molecule has 2 aromatic rings. The van der Waals surface area contributed by atoms with Crippen LogP contribution in [0, 0.1) is 5.41 Å². The number of sulfone groups is 1. The average molecular weight is 496 g/mol. The number of halogens is 3. The highest BCUT2D eigenvalue weighted by molar-refractivity contribution is 7.92. The first-order valence-corrected chi connectivity index (χ1v) is 12.9. The van der Waals surface area contributed by atoms with Crippen LogP contribution in [0.4, 0.5) is 18.0 Å². The number of hydrogen-bond acceptors (Lipinski definition) is 5. The van der Waals surface area contributed by atoms with Gasteiger partial charge in [0, 0.05) is 49.3 Å². The highest BCUT2D eigenvalue weighted by Crippen LogP contribution is 2.56. The van der Waals surface area contributed by atoms with Crippen LogP contribution in [0.2, 0.25) is 0 Å². The molecule has 2 amide bonds. The van der Waals surface area contributed by atoms with E-state index in [1.54, 1.807) is 4.90 Å². The van der Waals surface area contributed by atoms with E-state index in [1.807, 2.05) is 4.90 Å². The molecule has 2 aliphatic carbocycles. The molecule has 3 heterocycles. The molecule has 2 saturated carbocycles. The fourth-order valence-electron chi connectivity index (χ4n) is 5.45. The average Bonchev–Trinajstić information content (AvgIpc) is 3.42. The zero-order valence-corrected chi connectivity index (χ0v) is 19.1. The van der Waals surface area contributed by atoms with Gasteiger partial charge >= 0.3 is 11.5 Å². The molecule has 34 heavy (non-hydrogen) atoms. The summed E-state index contributed by atoms with van der Waals surface area (Å²) in [5.41, 5.74) is -4.42. The summed E-state index contributed by atoms with van der Waals surface area (Å²) in [5.74, 6) is 2.90. The fourth-order valence-corrected chi connectivity index (χ4v) is 6.21. The number of likely N-dealkylation sites (tertiary alicyclic amines) is 2. The molecule has 2 aliphatic heterocycles. The number of hydrogen-bond donors (Lipinski definition) is 1. The number of rotatable bonds is 4. The summed E-state index contributed by atoms with van der Waals surface area (Å²) in [5, 5.41) is 8.57. The molecule has 0 atom stereocenters. The van der Waals surface area contributed by atoms with E-state index >= 15 is 0 Å². The minimum atomic E-state index is -5.35. The number of alkyl halides is 3. The Bertz CT molecular complexity index is 1220. The Morgan fingerprint density at radius 2 is 1.53 bits per heavy atom. The number of amides is 2. The van der Waals surface area contributed by atoms with Gasteiger partial charge in [-0.15, -0.1) is 10.2 Å². The van der Waals surface area contributed by atoms with Gasteiger partial charge in [-0.1, -0.05) is 12.1 Å². The van der Waals surface area contributed by atoms with Crippen molar-refractivity contribution in [1.29, 1.82) is 0 Å². The molecular weight excluding hydrogens is 471 g/mol. The van der Waals surface area contributed by atoms with Crippen LogP contribution in [0.25, 0.3) is 0 Å². The third-order valence-corrected chi connectivity index (χ3v) is 9.18. The van der Waals surface area contributed by atoms with Gasteiger partial charge in [0.15, 0.2) is 0 Å². The predicted octanol–water partition coefficient (Wildman–Crippen LogP) is 3.37. The van der Waals surface area contributed by atoms with Gasteiger partial charge < -0.3 is 14.8 Å². The molecule has 1 aromatic heterocycles. The summed E-state index contributed by atoms with van der Waals surface area (Å²) in [6.45, 7) is 2.41. The maximum atomic E-state index is 12.8. The van der Waals surface area contributed by atoms with E-state index < -0.39 is 20.2 Å². The fraction of sp³-hybridized carbons (Fsp3) is 0.591. The maximum absolute atomic E-state index is 12.8. The highest BCUT2D eigenvalue weighted by atomic mass is 32.2. The molecule has 4 fully saturated rings. The monoisotopic (exact) mass is 495 g/mol. The van der Waals surface area contributed by atoms with Crippen LogP contribution in [-0.4, -0.2) is 71.1 Å². The lowest BCUT2D eigenvalue weighted by Gasteiger charge is -2.59. The summed E-state index contributed by atoms with van der Waals surface area (Å²) < 4.78 is 61.1. The van der Waals surface area contributed by atoms with E-state index in [2.05, 4.69) is 15.2 Å². The third-order valence-electron chi connectivity index (χ3n) is 7.67. The smallest absolute Gasteiger partial charge is 0.328 e. The summed E-state index contributed by atoms with van der Waals surface area (Å²) in [6.07, 6.45) is 4.38. The first-order valence-electron chi connectivity index (χ1n) is 11.4. The quantitative estimate of drug-likeness (QED) is 0.701. The lowest BCUT2D eigenvalue weighted by atomic mass is 9.57. The van der Waals surface area contributed by atoms with E-state index in [-0.39, 0.29) is 17.4 Å². The minimum absolute atomic E-state index is 0.0120. The number of benzene rings is 1. The summed E-state index contributed by atoms with van der Waals surface area (Å²) >= 11 is 0. The molecule has 1 spiro atoms. The second kappa shape index (κ2) is 7.19. The number of aromatic nitrogens is 3. The van der Waals surface area contributed by atoms with Crippen LogP contribution < -0.4 is 0 Å². The number of nitrogens with zero attached hydrogens (tertiary/aromatic N) is 4. The van der Waals surface area contributed by atoms with Gasteiger partial charge in [-0.05, 0) is 43.4 Å². The van der Waals surface area contributed by atoms with Gasteiger partial charge in [0.05, 0.1) is 4.90 Å². The van der Waals surface area contributed by atoms with Gasteiger partial charge in [0.1, 0.15) is 11.6 Å². The van der Waals surface area contributed by atoms with Gasteiger partial charge in [0.25, 0.3) is 9.84 Å². The summed E-state index contributed by atoms with van der Waals surface area (Å²) in [6, 6.07) is 4.75. The summed E-state index contributed by atoms with van der Waals surface area (Å²) in [7, 11) is -5.35. The van der Waals surface area contributed by atoms with E-state index in [9.17, 15) is 26.4 Å². The molecule has 1 N–H and O–H groups in total. The third kappa shape index (κ3) is 3.48. The predicted molar refractivity (Wildman–Crippen MR) is 114 cm³/mol. The second-order valence-corrected chi connectivity index (χ2v) is 12.2. The molecule has 2 saturated heterocycles. The van der Waals surface area contributed by atoms with Gasteiger partial charge in [-0.3, -0.25) is 0 Å². The number of nitrogens with one attached hydrogen (secondary N) is 1. The van der Waals surface area contributed by atoms with Crippen LogP contribution in [0.3, 0.4) is 0 Å². The second-order valence-electron chi connectivity index (χ2n) is 10.2. The first-order chi connectivity index (χ1) is 16.0. The topological polar surface area (TPSA) is 99.3 Å². The molecule has 0 bridgehead atoms. The van der Waals surface area contributed by atoms with E-state index in [0.29, 0.717) is 24.9 Å². The van der Waals surface area contributed by atoms with Crippen molar-refractivity contribution in [3.63, 3.8) is 0 Å². The molecule has 0 radical (unpaired) electrons. The van der Waals surface area contributed by atoms with Crippen molar-refractivity contribution in [2.45, 2.75) is 53.8 Å². The largest absolute Gasteiger partial charge is 0.501 e. The van der Waals surface area contributed by atoms with Crippen molar-refractivity contribution in [3.8, 4) is 0 Å². The van der Waals surface area contributed by atoms with E-state index in [4.69, 9.17) is 0 Å². The van der Waals surface area contributed by atoms with Crippen LogP contribution in [0.1, 0.15) is 60.6 Å². The number of carbonyl (C=O) groups excluding carboxylic acids is 1. The Labute approximate surface area is 194 Å². The Hall–Kier alpha value is -2.63. The van der Waals surface area contributed by atoms with Crippen LogP contribution in [-0.2, 0) is 9.84 Å². The van der Waals surface area contributed by atoms with Crippen molar-refractivity contribution >= 4 is 15.9 Å². The van der Waals surface area contributed by atoms with Gasteiger partial charge in [-0.25, -0.2) is 13.2 Å². The zero-order valence-electron chi connectivity index (χ0n) is 18.3. The van der Waals surface area contributed by atoms with Gasteiger partial charge in [0.2, 0.25) is 0 Å². The van der Waals surface area contributed by atoms with Crippen molar-refractivity contribution in [1.82, 2.24) is 25.0 Å². The van der Waals surface area contributed by atoms with E-state index in [0.717, 1.165) is 55.3 Å². The number of H-pyrrole nitrogens is 1. The van der Waals surface area contributed by atoms with Crippen molar-refractivity contribution in [2.24, 2.45) is 5.41 Å². The number of aromatic amines is 1. The van der Waals surface area contributed by atoms with E-state index in [1.165, 1.54) is 25.0 Å². The van der Waals surface area contributed by atoms with Gasteiger partial charge in [-0.2, -0.15) is 13.2 Å². The molecule has 0 unspecified atom stereocenters. The Kier molecular flexibility index (Phi) is 4.62.